The fraction of sp³-hybridized carbons (Fsp3) is 0.500. The summed E-state index contributed by atoms with van der Waals surface area (Å²) in [5.74, 6) is -2.79. The van der Waals surface area contributed by atoms with Crippen LogP contribution >= 0.6 is 0 Å². The predicted molar refractivity (Wildman–Crippen MR) is 55.7 cm³/mol. The van der Waals surface area contributed by atoms with Crippen molar-refractivity contribution in [1.82, 2.24) is 0 Å². The van der Waals surface area contributed by atoms with Crippen molar-refractivity contribution in [2.45, 2.75) is 37.1 Å². The number of hydrogen-bond acceptors (Lipinski definition) is 1. The van der Waals surface area contributed by atoms with E-state index < -0.39 is 11.5 Å². The van der Waals surface area contributed by atoms with Crippen LogP contribution in [-0.4, -0.2) is 5.92 Å². The maximum atomic E-state index is 13.8. The number of alkyl halides is 2. The summed E-state index contributed by atoms with van der Waals surface area (Å²) in [5, 5.41) is 0. The molecular formula is C12H15F2N. The van der Waals surface area contributed by atoms with Crippen LogP contribution in [0.4, 0.5) is 8.78 Å². The first-order valence-corrected chi connectivity index (χ1v) is 5.28. The highest BCUT2D eigenvalue weighted by Gasteiger charge is 2.52. The molecule has 0 bridgehead atoms. The minimum absolute atomic E-state index is 0.0988. The summed E-state index contributed by atoms with van der Waals surface area (Å²) in [6, 6.07) is 8.72. The Hall–Kier alpha value is -0.960. The summed E-state index contributed by atoms with van der Waals surface area (Å²) in [4.78, 5) is 0. The highest BCUT2D eigenvalue weighted by Crippen LogP contribution is 2.46. The fourth-order valence-corrected chi connectivity index (χ4v) is 2.25. The molecule has 15 heavy (non-hydrogen) atoms. The van der Waals surface area contributed by atoms with E-state index in [9.17, 15) is 8.78 Å². The zero-order valence-corrected chi connectivity index (χ0v) is 8.55. The lowest BCUT2D eigenvalue weighted by Gasteiger charge is -2.41. The van der Waals surface area contributed by atoms with E-state index in [4.69, 9.17) is 5.73 Å². The van der Waals surface area contributed by atoms with Gasteiger partial charge < -0.3 is 5.73 Å². The Labute approximate surface area is 88.3 Å². The SMILES string of the molecule is N[C@]1(c2ccccc2)CCCCC1(F)F. The maximum Gasteiger partial charge on any atom is 0.269 e. The Morgan fingerprint density at radius 3 is 2.20 bits per heavy atom. The molecule has 3 heteroatoms. The van der Waals surface area contributed by atoms with Crippen LogP contribution < -0.4 is 5.73 Å². The second-order valence-electron chi connectivity index (χ2n) is 4.25. The van der Waals surface area contributed by atoms with Crippen molar-refractivity contribution in [3.63, 3.8) is 0 Å². The molecule has 1 aromatic rings. The fourth-order valence-electron chi connectivity index (χ4n) is 2.25. The summed E-state index contributed by atoms with van der Waals surface area (Å²) in [5.41, 5.74) is 4.99. The molecule has 1 aliphatic rings. The van der Waals surface area contributed by atoms with E-state index in [1.165, 1.54) is 0 Å². The maximum absolute atomic E-state index is 13.8. The zero-order valence-electron chi connectivity index (χ0n) is 8.55. The summed E-state index contributed by atoms with van der Waals surface area (Å²) >= 11 is 0. The minimum Gasteiger partial charge on any atom is -0.316 e. The van der Waals surface area contributed by atoms with E-state index in [-0.39, 0.29) is 6.42 Å². The number of hydrogen-bond donors (Lipinski definition) is 1. The number of benzene rings is 1. The van der Waals surface area contributed by atoms with Gasteiger partial charge in [-0.25, -0.2) is 8.78 Å². The van der Waals surface area contributed by atoms with Crippen molar-refractivity contribution in [2.75, 3.05) is 0 Å². The van der Waals surface area contributed by atoms with Crippen LogP contribution in [0.25, 0.3) is 0 Å². The van der Waals surface area contributed by atoms with Gasteiger partial charge in [-0.15, -0.1) is 0 Å². The highest BCUT2D eigenvalue weighted by molar-refractivity contribution is 5.27. The molecule has 1 nitrogen and oxygen atoms in total. The Kier molecular flexibility index (Phi) is 2.51. The third-order valence-corrected chi connectivity index (χ3v) is 3.25. The summed E-state index contributed by atoms with van der Waals surface area (Å²) < 4.78 is 27.6. The monoisotopic (exact) mass is 211 g/mol. The molecule has 0 aromatic heterocycles. The lowest BCUT2D eigenvalue weighted by Crippen LogP contribution is -2.54. The van der Waals surface area contributed by atoms with Gasteiger partial charge in [-0.2, -0.15) is 0 Å². The van der Waals surface area contributed by atoms with Gasteiger partial charge in [-0.05, 0) is 18.4 Å². The quantitative estimate of drug-likeness (QED) is 0.759. The van der Waals surface area contributed by atoms with Gasteiger partial charge >= 0.3 is 0 Å². The van der Waals surface area contributed by atoms with Crippen LogP contribution in [0, 0.1) is 0 Å². The van der Waals surface area contributed by atoms with E-state index in [0.29, 0.717) is 18.4 Å². The van der Waals surface area contributed by atoms with Gasteiger partial charge in [0.1, 0.15) is 5.54 Å². The molecule has 0 saturated heterocycles. The van der Waals surface area contributed by atoms with Crippen molar-refractivity contribution in [1.29, 1.82) is 0 Å². The van der Waals surface area contributed by atoms with Crippen LogP contribution in [0.1, 0.15) is 31.2 Å². The van der Waals surface area contributed by atoms with Crippen molar-refractivity contribution in [2.24, 2.45) is 5.73 Å². The second-order valence-corrected chi connectivity index (χ2v) is 4.25. The van der Waals surface area contributed by atoms with Crippen molar-refractivity contribution in [3.05, 3.63) is 35.9 Å². The van der Waals surface area contributed by atoms with E-state index in [0.717, 1.165) is 6.42 Å². The third kappa shape index (κ3) is 1.65. The Bertz CT molecular complexity index is 337. The highest BCUT2D eigenvalue weighted by atomic mass is 19.3. The first-order chi connectivity index (χ1) is 7.06. The molecule has 1 fully saturated rings. The minimum atomic E-state index is -2.79. The first kappa shape index (κ1) is 10.6. The molecule has 1 saturated carbocycles. The average Bonchev–Trinajstić information content (AvgIpc) is 2.24. The van der Waals surface area contributed by atoms with Crippen LogP contribution in [0.2, 0.25) is 0 Å². The molecule has 0 spiro atoms. The van der Waals surface area contributed by atoms with Gasteiger partial charge in [0.25, 0.3) is 5.92 Å². The molecule has 0 unspecified atom stereocenters. The Morgan fingerprint density at radius 2 is 1.60 bits per heavy atom. The number of nitrogens with two attached hydrogens (primary N) is 1. The normalized spacial score (nSPS) is 30.1. The molecule has 1 atom stereocenters. The van der Waals surface area contributed by atoms with Crippen molar-refractivity contribution in [3.8, 4) is 0 Å². The molecule has 0 aliphatic heterocycles. The standard InChI is InChI=1S/C12H15F2N/c13-12(14)9-5-4-8-11(12,15)10-6-2-1-3-7-10/h1-3,6-7H,4-5,8-9,15H2/t11-/m0/s1. The molecule has 2 N–H and O–H groups in total. The van der Waals surface area contributed by atoms with E-state index >= 15 is 0 Å². The second kappa shape index (κ2) is 3.56. The van der Waals surface area contributed by atoms with Crippen molar-refractivity contribution >= 4 is 0 Å². The summed E-state index contributed by atoms with van der Waals surface area (Å²) in [7, 11) is 0. The van der Waals surface area contributed by atoms with E-state index in [2.05, 4.69) is 0 Å². The predicted octanol–water partition coefficient (Wildman–Crippen LogP) is 3.05. The third-order valence-electron chi connectivity index (χ3n) is 3.25. The van der Waals surface area contributed by atoms with Gasteiger partial charge in [0.05, 0.1) is 0 Å². The largest absolute Gasteiger partial charge is 0.316 e. The Morgan fingerprint density at radius 1 is 1.00 bits per heavy atom. The molecule has 1 aliphatic carbocycles. The molecular weight excluding hydrogens is 196 g/mol. The van der Waals surface area contributed by atoms with E-state index in [1.807, 2.05) is 6.07 Å². The van der Waals surface area contributed by atoms with Crippen molar-refractivity contribution < 1.29 is 8.78 Å². The number of rotatable bonds is 1. The number of halogens is 2. The smallest absolute Gasteiger partial charge is 0.269 e. The average molecular weight is 211 g/mol. The zero-order chi connectivity index (χ0) is 10.9. The molecule has 2 rings (SSSR count). The van der Waals surface area contributed by atoms with Gasteiger partial charge in [0.2, 0.25) is 0 Å². The van der Waals surface area contributed by atoms with Gasteiger partial charge in [-0.1, -0.05) is 36.8 Å². The topological polar surface area (TPSA) is 26.0 Å². The summed E-state index contributed by atoms with van der Waals surface area (Å²) in [6.07, 6.45) is 1.61. The van der Waals surface area contributed by atoms with Gasteiger partial charge in [-0.3, -0.25) is 0 Å². The molecule has 0 heterocycles. The van der Waals surface area contributed by atoms with Crippen LogP contribution in [0.15, 0.2) is 30.3 Å². The van der Waals surface area contributed by atoms with Gasteiger partial charge in [0, 0.05) is 6.42 Å². The van der Waals surface area contributed by atoms with Gasteiger partial charge in [0.15, 0.2) is 0 Å². The lowest BCUT2D eigenvalue weighted by molar-refractivity contribution is -0.105. The lowest BCUT2D eigenvalue weighted by atomic mass is 9.74. The van der Waals surface area contributed by atoms with E-state index in [1.54, 1.807) is 24.3 Å². The van der Waals surface area contributed by atoms with Crippen LogP contribution in [0.3, 0.4) is 0 Å². The summed E-state index contributed by atoms with van der Waals surface area (Å²) in [6.45, 7) is 0. The molecule has 0 amide bonds. The first-order valence-electron chi connectivity index (χ1n) is 5.28. The molecule has 0 radical (unpaired) electrons. The van der Waals surface area contributed by atoms with Crippen LogP contribution in [0.5, 0.6) is 0 Å². The molecule has 1 aromatic carbocycles. The van der Waals surface area contributed by atoms with Crippen LogP contribution in [-0.2, 0) is 5.54 Å². The molecule has 82 valence electrons. The Balaban J connectivity index is 2.40.